The van der Waals surface area contributed by atoms with Gasteiger partial charge in [-0.25, -0.2) is 9.59 Å². The second-order valence-corrected chi connectivity index (χ2v) is 9.02. The highest BCUT2D eigenvalue weighted by atomic mass is 16.8. The van der Waals surface area contributed by atoms with E-state index in [0.717, 1.165) is 0 Å². The summed E-state index contributed by atoms with van der Waals surface area (Å²) in [5, 5.41) is 12.3. The minimum atomic E-state index is -1.25. The van der Waals surface area contributed by atoms with Gasteiger partial charge in [-0.1, -0.05) is 6.07 Å². The number of carbonyl (C=O) groups is 3. The molecule has 7 unspecified atom stereocenters. The molecule has 2 aromatic rings. The Morgan fingerprint density at radius 1 is 1.15 bits per heavy atom. The van der Waals surface area contributed by atoms with Gasteiger partial charge in [0.05, 0.1) is 27.1 Å². The van der Waals surface area contributed by atoms with E-state index < -0.39 is 60.9 Å². The quantitative estimate of drug-likeness (QED) is 0.321. The average molecular weight is 562 g/mol. The summed E-state index contributed by atoms with van der Waals surface area (Å²) >= 11 is 0. The first-order chi connectivity index (χ1) is 19.2. The number of ether oxygens (including phenoxy) is 7. The third-order valence-electron chi connectivity index (χ3n) is 6.24. The summed E-state index contributed by atoms with van der Waals surface area (Å²) in [5.41, 5.74) is 0.632. The van der Waals surface area contributed by atoms with Crippen LogP contribution in [0.2, 0.25) is 0 Å². The summed E-state index contributed by atoms with van der Waals surface area (Å²) in [6.45, 7) is 2.72. The molecule has 2 aliphatic rings. The highest BCUT2D eigenvalue weighted by Crippen LogP contribution is 2.38. The molecule has 7 atom stereocenters. The van der Waals surface area contributed by atoms with Crippen LogP contribution in [0.1, 0.15) is 31.5 Å². The SMILES string of the molecule is COC(=O)C=Cc1ccc(OC2OC3COC(c4ccco4)OC3C(OC(C)C(=O)O)C2NC(C)=O)c(OC)c1. The van der Waals surface area contributed by atoms with Gasteiger partial charge in [0.15, 0.2) is 23.4 Å². The molecule has 2 aliphatic heterocycles. The summed E-state index contributed by atoms with van der Waals surface area (Å²) in [5.74, 6) is -1.17. The van der Waals surface area contributed by atoms with E-state index in [1.165, 1.54) is 40.4 Å². The van der Waals surface area contributed by atoms with Crippen LogP contribution in [-0.2, 0) is 38.1 Å². The molecular formula is C27H31NO12. The van der Waals surface area contributed by atoms with Gasteiger partial charge in [0, 0.05) is 13.0 Å². The number of fused-ring (bicyclic) bond motifs is 1. The van der Waals surface area contributed by atoms with Crippen molar-refractivity contribution in [1.29, 1.82) is 0 Å². The van der Waals surface area contributed by atoms with Crippen LogP contribution in [0.3, 0.4) is 0 Å². The number of benzene rings is 1. The fourth-order valence-electron chi connectivity index (χ4n) is 4.33. The van der Waals surface area contributed by atoms with Crippen molar-refractivity contribution in [2.45, 2.75) is 56.9 Å². The van der Waals surface area contributed by atoms with Crippen LogP contribution in [0.5, 0.6) is 11.5 Å². The zero-order valence-electron chi connectivity index (χ0n) is 22.3. The molecule has 2 fully saturated rings. The van der Waals surface area contributed by atoms with E-state index in [1.54, 1.807) is 36.4 Å². The van der Waals surface area contributed by atoms with Crippen LogP contribution in [-0.4, -0.2) is 80.5 Å². The van der Waals surface area contributed by atoms with Crippen LogP contribution < -0.4 is 14.8 Å². The number of hydrogen-bond acceptors (Lipinski definition) is 11. The van der Waals surface area contributed by atoms with Crippen LogP contribution in [0.15, 0.2) is 47.1 Å². The summed E-state index contributed by atoms with van der Waals surface area (Å²) in [6, 6.07) is 7.27. The first-order valence-corrected chi connectivity index (χ1v) is 12.4. The Kier molecular flexibility index (Phi) is 9.42. The Balaban J connectivity index is 1.64. The molecular weight excluding hydrogens is 530 g/mol. The lowest BCUT2D eigenvalue weighted by Crippen LogP contribution is -2.68. The van der Waals surface area contributed by atoms with Gasteiger partial charge in [-0.3, -0.25) is 4.79 Å². The van der Waals surface area contributed by atoms with Crippen molar-refractivity contribution in [2.24, 2.45) is 0 Å². The number of rotatable bonds is 10. The predicted molar refractivity (Wildman–Crippen MR) is 135 cm³/mol. The van der Waals surface area contributed by atoms with Gasteiger partial charge in [-0.05, 0) is 42.8 Å². The largest absolute Gasteiger partial charge is 0.493 e. The van der Waals surface area contributed by atoms with Crippen molar-refractivity contribution in [3.05, 3.63) is 54.0 Å². The molecule has 1 amide bonds. The number of hydrogen-bond donors (Lipinski definition) is 2. The number of aliphatic carboxylic acids is 1. The fraction of sp³-hybridized carbons (Fsp3) is 0.444. The van der Waals surface area contributed by atoms with E-state index in [2.05, 4.69) is 10.1 Å². The molecule has 0 radical (unpaired) electrons. The Morgan fingerprint density at radius 2 is 1.95 bits per heavy atom. The normalized spacial score (nSPS) is 26.9. The fourth-order valence-corrected chi connectivity index (χ4v) is 4.33. The molecule has 3 heterocycles. The average Bonchev–Trinajstić information content (AvgIpc) is 3.48. The van der Waals surface area contributed by atoms with Gasteiger partial charge in [0.2, 0.25) is 18.5 Å². The Morgan fingerprint density at radius 3 is 2.60 bits per heavy atom. The Bertz CT molecular complexity index is 1210. The number of nitrogens with one attached hydrogen (secondary N) is 1. The lowest BCUT2D eigenvalue weighted by Gasteiger charge is -2.49. The van der Waals surface area contributed by atoms with Crippen molar-refractivity contribution in [3.8, 4) is 11.5 Å². The number of furan rings is 1. The molecule has 40 heavy (non-hydrogen) atoms. The topological polar surface area (TPSA) is 161 Å². The molecule has 13 heteroatoms. The van der Waals surface area contributed by atoms with Gasteiger partial charge in [-0.2, -0.15) is 0 Å². The molecule has 0 saturated carbocycles. The van der Waals surface area contributed by atoms with Crippen molar-refractivity contribution >= 4 is 23.9 Å². The number of carbonyl (C=O) groups excluding carboxylic acids is 2. The lowest BCUT2D eigenvalue weighted by molar-refractivity contribution is -0.343. The molecule has 2 saturated heterocycles. The zero-order valence-corrected chi connectivity index (χ0v) is 22.3. The molecule has 1 aromatic heterocycles. The van der Waals surface area contributed by atoms with E-state index in [9.17, 15) is 19.5 Å². The standard InChI is InChI=1S/C27H31NO12/c1-14(25(31)32)37-24-22(28-15(2)29)27(39-20-13-36-26(40-23(20)24)18-6-5-11-35-18)38-17-9-7-16(12-19(17)33-3)8-10-21(30)34-4/h5-12,14,20,22-24,26-27H,13H2,1-4H3,(H,28,29)(H,31,32). The molecule has 0 spiro atoms. The number of carboxylic acid groups (broad SMARTS) is 1. The molecule has 0 aliphatic carbocycles. The maximum absolute atomic E-state index is 12.3. The van der Waals surface area contributed by atoms with Crippen molar-refractivity contribution in [1.82, 2.24) is 5.32 Å². The molecule has 13 nitrogen and oxygen atoms in total. The van der Waals surface area contributed by atoms with Crippen LogP contribution in [0, 0.1) is 0 Å². The minimum absolute atomic E-state index is 0.0401. The van der Waals surface area contributed by atoms with Crippen molar-refractivity contribution in [3.63, 3.8) is 0 Å². The predicted octanol–water partition coefficient (Wildman–Crippen LogP) is 2.06. The monoisotopic (exact) mass is 561 g/mol. The van der Waals surface area contributed by atoms with Gasteiger partial charge in [0.25, 0.3) is 0 Å². The van der Waals surface area contributed by atoms with E-state index in [1.807, 2.05) is 0 Å². The molecule has 216 valence electrons. The van der Waals surface area contributed by atoms with Crippen molar-refractivity contribution < 1.29 is 57.1 Å². The third kappa shape index (κ3) is 6.80. The number of esters is 1. The minimum Gasteiger partial charge on any atom is -0.493 e. The van der Waals surface area contributed by atoms with Crippen LogP contribution in [0.25, 0.3) is 6.08 Å². The highest BCUT2D eigenvalue weighted by molar-refractivity contribution is 5.87. The molecule has 2 N–H and O–H groups in total. The van der Waals surface area contributed by atoms with Gasteiger partial charge >= 0.3 is 11.9 Å². The van der Waals surface area contributed by atoms with E-state index in [0.29, 0.717) is 17.1 Å². The number of carboxylic acids is 1. The molecule has 0 bridgehead atoms. The summed E-state index contributed by atoms with van der Waals surface area (Å²) in [6.07, 6.45) is -1.64. The van der Waals surface area contributed by atoms with E-state index in [4.69, 9.17) is 32.8 Å². The maximum Gasteiger partial charge on any atom is 0.332 e. The Hall–Kier alpha value is -3.91. The van der Waals surface area contributed by atoms with Gasteiger partial charge in [-0.15, -0.1) is 0 Å². The number of amides is 1. The third-order valence-corrected chi connectivity index (χ3v) is 6.24. The van der Waals surface area contributed by atoms with Crippen molar-refractivity contribution in [2.75, 3.05) is 20.8 Å². The Labute approximate surface area is 229 Å². The molecule has 4 rings (SSSR count). The van der Waals surface area contributed by atoms with Crippen LogP contribution >= 0.6 is 0 Å². The zero-order chi connectivity index (χ0) is 28.8. The van der Waals surface area contributed by atoms with E-state index >= 15 is 0 Å². The first kappa shape index (κ1) is 29.1. The summed E-state index contributed by atoms with van der Waals surface area (Å²) in [7, 11) is 2.72. The van der Waals surface area contributed by atoms with Gasteiger partial charge < -0.3 is 48.0 Å². The molecule has 1 aromatic carbocycles. The number of methoxy groups -OCH3 is 2. The maximum atomic E-state index is 12.3. The summed E-state index contributed by atoms with van der Waals surface area (Å²) < 4.78 is 45.7. The van der Waals surface area contributed by atoms with Crippen LogP contribution in [0.4, 0.5) is 0 Å². The van der Waals surface area contributed by atoms with Gasteiger partial charge in [0.1, 0.15) is 24.4 Å². The second kappa shape index (κ2) is 13.0. The smallest absolute Gasteiger partial charge is 0.332 e. The second-order valence-electron chi connectivity index (χ2n) is 9.02. The first-order valence-electron chi connectivity index (χ1n) is 12.4. The highest BCUT2D eigenvalue weighted by Gasteiger charge is 2.53. The summed E-state index contributed by atoms with van der Waals surface area (Å²) in [4.78, 5) is 35.4. The lowest BCUT2D eigenvalue weighted by atomic mass is 9.95. The van der Waals surface area contributed by atoms with E-state index in [-0.39, 0.29) is 12.4 Å².